The third kappa shape index (κ3) is 1.84. The van der Waals surface area contributed by atoms with Gasteiger partial charge in [-0.1, -0.05) is 12.1 Å². The summed E-state index contributed by atoms with van der Waals surface area (Å²) in [5.74, 6) is -1.58. The van der Waals surface area contributed by atoms with E-state index in [0.717, 1.165) is 6.42 Å². The van der Waals surface area contributed by atoms with Crippen molar-refractivity contribution in [3.05, 3.63) is 29.8 Å². The molecule has 0 bridgehead atoms. The van der Waals surface area contributed by atoms with Crippen molar-refractivity contribution in [2.24, 2.45) is 0 Å². The van der Waals surface area contributed by atoms with Crippen LogP contribution in [0.25, 0.3) is 0 Å². The first-order valence-electron chi connectivity index (χ1n) is 6.53. The van der Waals surface area contributed by atoms with Crippen LogP contribution in [0.1, 0.15) is 23.2 Å². The number of nitrogens with zero attached hydrogens (tertiary/aromatic N) is 2. The number of carbonyl (C=O) groups is 3. The van der Waals surface area contributed by atoms with Crippen molar-refractivity contribution in [2.75, 3.05) is 18.0 Å². The summed E-state index contributed by atoms with van der Waals surface area (Å²) in [7, 11) is 0. The van der Waals surface area contributed by atoms with E-state index >= 15 is 0 Å². The highest BCUT2D eigenvalue weighted by Gasteiger charge is 2.42. The Labute approximate surface area is 115 Å². The van der Waals surface area contributed by atoms with E-state index in [1.165, 1.54) is 4.90 Å². The van der Waals surface area contributed by atoms with Gasteiger partial charge in [0.15, 0.2) is 0 Å². The zero-order valence-corrected chi connectivity index (χ0v) is 10.8. The molecule has 1 N–H and O–H groups in total. The van der Waals surface area contributed by atoms with E-state index in [-0.39, 0.29) is 11.8 Å². The Morgan fingerprint density at radius 2 is 2.05 bits per heavy atom. The molecular weight excluding hydrogens is 260 g/mol. The minimum Gasteiger partial charge on any atom is -0.480 e. The van der Waals surface area contributed by atoms with E-state index < -0.39 is 18.6 Å². The molecule has 6 nitrogen and oxygen atoms in total. The standard InChI is InChI=1S/C14H14N2O4/c17-12(18)8-16-10-5-2-1-4-9(10)13(19)15-7-3-6-11(15)14(16)20/h1-2,4-5,11H,3,6-8H2,(H,17,18). The van der Waals surface area contributed by atoms with E-state index in [1.807, 2.05) is 0 Å². The highest BCUT2D eigenvalue weighted by atomic mass is 16.4. The van der Waals surface area contributed by atoms with Crippen LogP contribution >= 0.6 is 0 Å². The summed E-state index contributed by atoms with van der Waals surface area (Å²) in [5, 5.41) is 9.01. The number of carboxylic acids is 1. The molecule has 2 heterocycles. The second-order valence-corrected chi connectivity index (χ2v) is 4.99. The molecule has 0 aromatic heterocycles. The number of anilines is 1. The van der Waals surface area contributed by atoms with Crippen LogP contribution in [0.4, 0.5) is 5.69 Å². The van der Waals surface area contributed by atoms with E-state index in [4.69, 9.17) is 5.11 Å². The molecule has 1 fully saturated rings. The predicted molar refractivity (Wildman–Crippen MR) is 70.5 cm³/mol. The Balaban J connectivity index is 2.13. The number of para-hydroxylation sites is 1. The minimum atomic E-state index is -1.09. The van der Waals surface area contributed by atoms with Gasteiger partial charge in [0, 0.05) is 6.54 Å². The molecular formula is C14H14N2O4. The maximum Gasteiger partial charge on any atom is 0.323 e. The predicted octanol–water partition coefficient (Wildman–Crippen LogP) is 0.722. The number of rotatable bonds is 2. The molecule has 3 rings (SSSR count). The molecule has 1 aromatic rings. The maximum absolute atomic E-state index is 12.5. The number of amides is 2. The van der Waals surface area contributed by atoms with Gasteiger partial charge in [0.25, 0.3) is 5.91 Å². The van der Waals surface area contributed by atoms with Crippen molar-refractivity contribution in [1.29, 1.82) is 0 Å². The first-order valence-corrected chi connectivity index (χ1v) is 6.53. The van der Waals surface area contributed by atoms with Crippen molar-refractivity contribution in [2.45, 2.75) is 18.9 Å². The van der Waals surface area contributed by atoms with Gasteiger partial charge in [-0.2, -0.15) is 0 Å². The van der Waals surface area contributed by atoms with Crippen LogP contribution in [0.15, 0.2) is 24.3 Å². The number of hydrogen-bond acceptors (Lipinski definition) is 3. The lowest BCUT2D eigenvalue weighted by atomic mass is 10.1. The molecule has 1 unspecified atom stereocenters. The molecule has 20 heavy (non-hydrogen) atoms. The van der Waals surface area contributed by atoms with Gasteiger partial charge >= 0.3 is 5.97 Å². The third-order valence-corrected chi connectivity index (χ3v) is 3.78. The Kier molecular flexibility index (Phi) is 2.93. The van der Waals surface area contributed by atoms with E-state index in [1.54, 1.807) is 29.2 Å². The van der Waals surface area contributed by atoms with Crippen LogP contribution in [0, 0.1) is 0 Å². The van der Waals surface area contributed by atoms with Gasteiger partial charge in [-0.15, -0.1) is 0 Å². The lowest BCUT2D eigenvalue weighted by Gasteiger charge is -2.24. The number of fused-ring (bicyclic) bond motifs is 2. The van der Waals surface area contributed by atoms with E-state index in [0.29, 0.717) is 24.2 Å². The van der Waals surface area contributed by atoms with E-state index in [9.17, 15) is 14.4 Å². The van der Waals surface area contributed by atoms with Crippen LogP contribution < -0.4 is 4.90 Å². The average molecular weight is 274 g/mol. The van der Waals surface area contributed by atoms with Gasteiger partial charge in [0.1, 0.15) is 12.6 Å². The first-order chi connectivity index (χ1) is 9.59. The Bertz CT molecular complexity index is 599. The number of carbonyl (C=O) groups excluding carboxylic acids is 2. The normalized spacial score (nSPS) is 21.5. The quantitative estimate of drug-likeness (QED) is 0.862. The largest absolute Gasteiger partial charge is 0.480 e. The van der Waals surface area contributed by atoms with Crippen molar-refractivity contribution >= 4 is 23.5 Å². The van der Waals surface area contributed by atoms with Crippen LogP contribution in [-0.4, -0.2) is 46.9 Å². The Morgan fingerprint density at radius 3 is 2.80 bits per heavy atom. The molecule has 1 saturated heterocycles. The molecule has 2 aliphatic rings. The topological polar surface area (TPSA) is 77.9 Å². The molecule has 0 radical (unpaired) electrons. The monoisotopic (exact) mass is 274 g/mol. The van der Waals surface area contributed by atoms with Crippen LogP contribution in [0.5, 0.6) is 0 Å². The summed E-state index contributed by atoms with van der Waals surface area (Å²) in [6.45, 7) is 0.123. The SMILES string of the molecule is O=C(O)CN1C(=O)C2CCCN2C(=O)c2ccccc21. The number of aliphatic carboxylic acids is 1. The van der Waals surface area contributed by atoms with Crippen LogP contribution in [0.2, 0.25) is 0 Å². The molecule has 2 amide bonds. The number of carboxylic acid groups (broad SMARTS) is 1. The minimum absolute atomic E-state index is 0.190. The first kappa shape index (κ1) is 12.7. The fourth-order valence-corrected chi connectivity index (χ4v) is 2.91. The van der Waals surface area contributed by atoms with E-state index in [2.05, 4.69) is 0 Å². The molecule has 1 atom stereocenters. The highest BCUT2D eigenvalue weighted by molar-refractivity contribution is 6.12. The highest BCUT2D eigenvalue weighted by Crippen LogP contribution is 2.31. The summed E-state index contributed by atoms with van der Waals surface area (Å²) >= 11 is 0. The Hall–Kier alpha value is -2.37. The molecule has 0 aliphatic carbocycles. The maximum atomic E-state index is 12.5. The molecule has 104 valence electrons. The smallest absolute Gasteiger partial charge is 0.323 e. The molecule has 6 heteroatoms. The van der Waals surface area contributed by atoms with Crippen molar-refractivity contribution in [3.63, 3.8) is 0 Å². The zero-order chi connectivity index (χ0) is 14.3. The summed E-state index contributed by atoms with van der Waals surface area (Å²) in [6, 6.07) is 6.15. The fourth-order valence-electron chi connectivity index (χ4n) is 2.91. The third-order valence-electron chi connectivity index (χ3n) is 3.78. The fraction of sp³-hybridized carbons (Fsp3) is 0.357. The lowest BCUT2D eigenvalue weighted by Crippen LogP contribution is -2.46. The summed E-state index contributed by atoms with van der Waals surface area (Å²) < 4.78 is 0. The molecule has 1 aromatic carbocycles. The second kappa shape index (κ2) is 4.63. The number of benzene rings is 1. The van der Waals surface area contributed by atoms with Crippen LogP contribution in [0.3, 0.4) is 0 Å². The van der Waals surface area contributed by atoms with Crippen molar-refractivity contribution in [1.82, 2.24) is 4.90 Å². The van der Waals surface area contributed by atoms with Gasteiger partial charge in [0.2, 0.25) is 5.91 Å². The van der Waals surface area contributed by atoms with Gasteiger partial charge in [-0.05, 0) is 25.0 Å². The van der Waals surface area contributed by atoms with Crippen molar-refractivity contribution in [3.8, 4) is 0 Å². The average Bonchev–Trinajstić information content (AvgIpc) is 2.89. The molecule has 0 saturated carbocycles. The van der Waals surface area contributed by atoms with Gasteiger partial charge < -0.3 is 10.0 Å². The zero-order valence-electron chi connectivity index (χ0n) is 10.8. The number of hydrogen-bond donors (Lipinski definition) is 1. The summed E-state index contributed by atoms with van der Waals surface area (Å²) in [5.41, 5.74) is 0.783. The lowest BCUT2D eigenvalue weighted by molar-refractivity contribution is -0.137. The second-order valence-electron chi connectivity index (χ2n) is 4.99. The van der Waals surface area contributed by atoms with Crippen molar-refractivity contribution < 1.29 is 19.5 Å². The molecule has 2 aliphatic heterocycles. The Morgan fingerprint density at radius 1 is 1.30 bits per heavy atom. The van der Waals surface area contributed by atoms with Gasteiger partial charge in [-0.25, -0.2) is 0 Å². The summed E-state index contributed by atoms with van der Waals surface area (Å²) in [6.07, 6.45) is 1.36. The summed E-state index contributed by atoms with van der Waals surface area (Å²) in [4.78, 5) is 38.8. The van der Waals surface area contributed by atoms with Gasteiger partial charge in [0.05, 0.1) is 11.3 Å². The van der Waals surface area contributed by atoms with Gasteiger partial charge in [-0.3, -0.25) is 19.3 Å². The molecule has 0 spiro atoms. The van der Waals surface area contributed by atoms with Crippen LogP contribution in [-0.2, 0) is 9.59 Å².